The summed E-state index contributed by atoms with van der Waals surface area (Å²) in [5.74, 6) is 0. The van der Waals surface area contributed by atoms with Gasteiger partial charge in [-0.2, -0.15) is 5.11 Å². The van der Waals surface area contributed by atoms with Crippen molar-refractivity contribution in [2.24, 2.45) is 5.11 Å². The molecule has 1 heterocycles. The van der Waals surface area contributed by atoms with Crippen LogP contribution >= 0.6 is 0 Å². The van der Waals surface area contributed by atoms with Crippen LogP contribution in [0.25, 0.3) is 5.69 Å². The molecule has 0 bridgehead atoms. The van der Waals surface area contributed by atoms with Crippen LogP contribution in [0.15, 0.2) is 40.2 Å². The molecule has 0 atom stereocenters. The summed E-state index contributed by atoms with van der Waals surface area (Å²) in [5.41, 5.74) is 8.84. The summed E-state index contributed by atoms with van der Waals surface area (Å²) in [7, 11) is 0. The van der Waals surface area contributed by atoms with E-state index < -0.39 is 0 Å². The van der Waals surface area contributed by atoms with E-state index in [4.69, 9.17) is 5.53 Å². The first kappa shape index (κ1) is 9.39. The van der Waals surface area contributed by atoms with Gasteiger partial charge in [-0.25, -0.2) is 10.2 Å². The molecular formula is C10H10N4O. The molecule has 5 heteroatoms. The number of H-pyrrole nitrogens is 1. The molecule has 0 saturated carbocycles. The summed E-state index contributed by atoms with van der Waals surface area (Å²) < 4.78 is 1.45. The third-order valence-electron chi connectivity index (χ3n) is 2.09. The molecule has 0 aliphatic rings. The van der Waals surface area contributed by atoms with Crippen LogP contribution in [0.4, 0.5) is 5.69 Å². The van der Waals surface area contributed by atoms with Crippen molar-refractivity contribution in [1.82, 2.24) is 9.78 Å². The third-order valence-corrected chi connectivity index (χ3v) is 2.09. The minimum absolute atomic E-state index is 0.0944. The fraction of sp³-hybridized carbons (Fsp3) is 0.100. The number of rotatable bonds is 2. The van der Waals surface area contributed by atoms with Crippen LogP contribution in [0.5, 0.6) is 0 Å². The van der Waals surface area contributed by atoms with Crippen molar-refractivity contribution in [2.75, 3.05) is 0 Å². The molecular weight excluding hydrogens is 192 g/mol. The fourth-order valence-electron chi connectivity index (χ4n) is 1.38. The fourth-order valence-corrected chi connectivity index (χ4v) is 1.38. The quantitative estimate of drug-likeness (QED) is 0.719. The highest BCUT2D eigenvalue weighted by Crippen LogP contribution is 2.13. The van der Waals surface area contributed by atoms with Crippen LogP contribution in [0.2, 0.25) is 0 Å². The van der Waals surface area contributed by atoms with Gasteiger partial charge in [-0.05, 0) is 31.2 Å². The van der Waals surface area contributed by atoms with Crippen molar-refractivity contribution in [3.63, 3.8) is 0 Å². The molecule has 76 valence electrons. The first-order chi connectivity index (χ1) is 7.20. The molecule has 0 aliphatic heterocycles. The number of hydrogen-bond acceptors (Lipinski definition) is 3. The Bertz CT molecular complexity index is 535. The first-order valence-corrected chi connectivity index (χ1v) is 4.47. The number of aromatic amines is 1. The number of nitrogens with zero attached hydrogens (tertiary/aromatic N) is 2. The van der Waals surface area contributed by atoms with Crippen molar-refractivity contribution < 1.29 is 0 Å². The lowest BCUT2D eigenvalue weighted by atomic mass is 10.3. The zero-order chi connectivity index (χ0) is 10.8. The largest absolute Gasteiger partial charge is 0.295 e. The lowest BCUT2D eigenvalue weighted by Gasteiger charge is -2.01. The van der Waals surface area contributed by atoms with E-state index in [1.807, 2.05) is 6.92 Å². The smallest absolute Gasteiger partial charge is 0.271 e. The number of benzene rings is 1. The van der Waals surface area contributed by atoms with Crippen LogP contribution < -0.4 is 5.56 Å². The van der Waals surface area contributed by atoms with Crippen LogP contribution in [-0.2, 0) is 0 Å². The maximum atomic E-state index is 11.5. The normalized spacial score (nSPS) is 10.2. The molecule has 1 aromatic heterocycles. The van der Waals surface area contributed by atoms with Crippen molar-refractivity contribution in [3.05, 3.63) is 46.4 Å². The molecule has 5 nitrogen and oxygen atoms in total. The monoisotopic (exact) mass is 202 g/mol. The molecule has 2 rings (SSSR count). The van der Waals surface area contributed by atoms with E-state index in [0.29, 0.717) is 5.69 Å². The number of nitrogens with one attached hydrogen (secondary N) is 2. The van der Waals surface area contributed by atoms with E-state index in [-0.39, 0.29) is 5.56 Å². The van der Waals surface area contributed by atoms with Crippen LogP contribution in [0.3, 0.4) is 0 Å². The molecule has 15 heavy (non-hydrogen) atoms. The summed E-state index contributed by atoms with van der Waals surface area (Å²) in [6.07, 6.45) is 0. The molecule has 2 aromatic rings. The summed E-state index contributed by atoms with van der Waals surface area (Å²) in [6, 6.07) is 8.38. The lowest BCUT2D eigenvalue weighted by Crippen LogP contribution is -2.12. The molecule has 0 fully saturated rings. The zero-order valence-electron chi connectivity index (χ0n) is 8.19. The zero-order valence-corrected chi connectivity index (χ0v) is 8.19. The number of aromatic nitrogens is 2. The Hall–Kier alpha value is -2.17. The average molecular weight is 202 g/mol. The van der Waals surface area contributed by atoms with Crippen molar-refractivity contribution >= 4 is 5.69 Å². The van der Waals surface area contributed by atoms with Gasteiger partial charge < -0.3 is 0 Å². The molecule has 1 aromatic carbocycles. The summed E-state index contributed by atoms with van der Waals surface area (Å²) in [5, 5.41) is 6.21. The van der Waals surface area contributed by atoms with E-state index >= 15 is 0 Å². The molecule has 2 N–H and O–H groups in total. The molecule has 0 saturated heterocycles. The van der Waals surface area contributed by atoms with E-state index in [1.54, 1.807) is 24.3 Å². The van der Waals surface area contributed by atoms with Gasteiger partial charge in [0.25, 0.3) is 5.56 Å². The van der Waals surface area contributed by atoms with Gasteiger partial charge in [0, 0.05) is 11.8 Å². The standard InChI is InChI=1S/C10H10N4O/c1-7-6-10(15)14(13-7)9-4-2-8(12-11)3-5-9/h2-6,11,13H,1H3. The lowest BCUT2D eigenvalue weighted by molar-refractivity contribution is 0.835. The Morgan fingerprint density at radius 1 is 1.33 bits per heavy atom. The predicted octanol–water partition coefficient (Wildman–Crippen LogP) is 2.14. The number of hydrogen-bond donors (Lipinski definition) is 2. The van der Waals surface area contributed by atoms with Gasteiger partial charge in [0.1, 0.15) is 0 Å². The van der Waals surface area contributed by atoms with Crippen molar-refractivity contribution in [2.45, 2.75) is 6.92 Å². The minimum Gasteiger partial charge on any atom is -0.295 e. The highest BCUT2D eigenvalue weighted by molar-refractivity contribution is 5.43. The molecule has 0 unspecified atom stereocenters. The maximum absolute atomic E-state index is 11.5. The van der Waals surface area contributed by atoms with Gasteiger partial charge in [-0.15, -0.1) is 0 Å². The predicted molar refractivity (Wildman–Crippen MR) is 55.9 cm³/mol. The van der Waals surface area contributed by atoms with Gasteiger partial charge in [0.2, 0.25) is 0 Å². The van der Waals surface area contributed by atoms with Crippen molar-refractivity contribution in [3.8, 4) is 5.69 Å². The SMILES string of the molecule is Cc1cc(=O)n(-c2ccc(N=N)cc2)[nH]1. The maximum Gasteiger partial charge on any atom is 0.271 e. The first-order valence-electron chi connectivity index (χ1n) is 4.47. The van der Waals surface area contributed by atoms with Gasteiger partial charge in [0.15, 0.2) is 0 Å². The van der Waals surface area contributed by atoms with Gasteiger partial charge in [0.05, 0.1) is 11.4 Å². The molecule has 0 amide bonds. The topological polar surface area (TPSA) is 74.0 Å². The Kier molecular flexibility index (Phi) is 2.21. The van der Waals surface area contributed by atoms with Crippen LogP contribution in [-0.4, -0.2) is 9.78 Å². The molecule has 0 radical (unpaired) electrons. The Balaban J connectivity index is 2.50. The van der Waals surface area contributed by atoms with Crippen molar-refractivity contribution in [1.29, 1.82) is 5.53 Å². The highest BCUT2D eigenvalue weighted by Gasteiger charge is 2.01. The van der Waals surface area contributed by atoms with Gasteiger partial charge in [-0.1, -0.05) is 0 Å². The Labute approximate surface area is 85.9 Å². The summed E-state index contributed by atoms with van der Waals surface area (Å²) in [6.45, 7) is 1.82. The van der Waals surface area contributed by atoms with E-state index in [0.717, 1.165) is 11.4 Å². The van der Waals surface area contributed by atoms with E-state index in [2.05, 4.69) is 10.2 Å². The minimum atomic E-state index is -0.0944. The second-order valence-corrected chi connectivity index (χ2v) is 3.24. The van der Waals surface area contributed by atoms with Gasteiger partial charge >= 0.3 is 0 Å². The third kappa shape index (κ3) is 1.71. The summed E-state index contributed by atoms with van der Waals surface area (Å²) >= 11 is 0. The second-order valence-electron chi connectivity index (χ2n) is 3.24. The average Bonchev–Trinajstić information content (AvgIpc) is 2.58. The molecule has 0 aliphatic carbocycles. The summed E-state index contributed by atoms with van der Waals surface area (Å²) in [4.78, 5) is 11.5. The van der Waals surface area contributed by atoms with E-state index in [9.17, 15) is 4.79 Å². The van der Waals surface area contributed by atoms with Crippen LogP contribution in [0, 0.1) is 12.5 Å². The van der Waals surface area contributed by atoms with E-state index in [1.165, 1.54) is 10.7 Å². The molecule has 0 spiro atoms. The Morgan fingerprint density at radius 3 is 2.47 bits per heavy atom. The highest BCUT2D eigenvalue weighted by atomic mass is 16.1. The number of aryl methyl sites for hydroxylation is 1. The second kappa shape index (κ2) is 3.53. The van der Waals surface area contributed by atoms with Gasteiger partial charge in [-0.3, -0.25) is 9.89 Å². The van der Waals surface area contributed by atoms with Crippen LogP contribution in [0.1, 0.15) is 5.69 Å². The Morgan fingerprint density at radius 2 is 2.00 bits per heavy atom.